The second kappa shape index (κ2) is 6.54. The Balaban J connectivity index is 1.80. The van der Waals surface area contributed by atoms with Crippen LogP contribution in [-0.2, 0) is 4.74 Å². The number of carbonyl (C=O) groups is 2. The molecule has 0 saturated carbocycles. The second-order valence-electron chi connectivity index (χ2n) is 5.01. The van der Waals surface area contributed by atoms with Gasteiger partial charge < -0.3 is 10.5 Å². The summed E-state index contributed by atoms with van der Waals surface area (Å²) in [5.74, 6) is -1.29. The molecule has 1 aromatic carbocycles. The molecule has 2 heterocycles. The van der Waals surface area contributed by atoms with E-state index in [1.165, 1.54) is 29.7 Å². The van der Waals surface area contributed by atoms with Gasteiger partial charge in [-0.05, 0) is 37.3 Å². The van der Waals surface area contributed by atoms with Gasteiger partial charge in [-0.25, -0.2) is 14.8 Å². The Labute approximate surface area is 146 Å². The quantitative estimate of drug-likeness (QED) is 0.719. The van der Waals surface area contributed by atoms with Crippen molar-refractivity contribution in [2.24, 2.45) is 5.73 Å². The first-order valence-corrected chi connectivity index (χ1v) is 8.16. The van der Waals surface area contributed by atoms with E-state index in [1.807, 2.05) is 6.07 Å². The minimum Gasteiger partial charge on any atom is -0.451 e. The maximum atomic E-state index is 12.2. The highest BCUT2D eigenvalue weighted by Gasteiger charge is 2.19. The van der Waals surface area contributed by atoms with Crippen molar-refractivity contribution < 1.29 is 14.3 Å². The first-order valence-electron chi connectivity index (χ1n) is 6.97. The fraction of sp³-hybridized carbons (Fsp3) is 0.125. The van der Waals surface area contributed by atoms with E-state index in [2.05, 4.69) is 9.97 Å². The number of aromatic nitrogens is 2. The van der Waals surface area contributed by atoms with Gasteiger partial charge >= 0.3 is 5.97 Å². The van der Waals surface area contributed by atoms with Crippen LogP contribution in [-0.4, -0.2) is 21.8 Å². The van der Waals surface area contributed by atoms with Gasteiger partial charge in [0.05, 0.1) is 10.2 Å². The molecule has 1 atom stereocenters. The summed E-state index contributed by atoms with van der Waals surface area (Å²) in [6, 6.07) is 8.13. The number of amides is 1. The van der Waals surface area contributed by atoms with Gasteiger partial charge in [0.25, 0.3) is 0 Å². The van der Waals surface area contributed by atoms with Gasteiger partial charge in [-0.2, -0.15) is 0 Å². The van der Waals surface area contributed by atoms with Crippen molar-refractivity contribution in [3.8, 4) is 0 Å². The molecule has 0 bridgehead atoms. The number of pyridine rings is 1. The second-order valence-corrected chi connectivity index (χ2v) is 6.50. The normalized spacial score (nSPS) is 12.1. The molecular weight excluding hydrogens is 350 g/mol. The molecule has 1 unspecified atom stereocenters. The minimum atomic E-state index is -0.650. The molecule has 24 heavy (non-hydrogen) atoms. The number of hydrogen-bond acceptors (Lipinski definition) is 6. The van der Waals surface area contributed by atoms with E-state index in [1.54, 1.807) is 19.1 Å². The van der Waals surface area contributed by atoms with Gasteiger partial charge in [0.2, 0.25) is 5.91 Å². The van der Waals surface area contributed by atoms with Crippen LogP contribution in [0.3, 0.4) is 0 Å². The van der Waals surface area contributed by atoms with Gasteiger partial charge in [-0.15, -0.1) is 11.3 Å². The van der Waals surface area contributed by atoms with Crippen LogP contribution in [0.4, 0.5) is 0 Å². The number of carbonyl (C=O) groups excluding carboxylic acids is 2. The lowest BCUT2D eigenvalue weighted by Crippen LogP contribution is -2.15. The van der Waals surface area contributed by atoms with Crippen LogP contribution in [0.15, 0.2) is 36.5 Å². The van der Waals surface area contributed by atoms with Gasteiger partial charge in [-0.3, -0.25) is 4.79 Å². The molecule has 2 aromatic heterocycles. The molecule has 8 heteroatoms. The summed E-state index contributed by atoms with van der Waals surface area (Å²) in [7, 11) is 0. The zero-order chi connectivity index (χ0) is 17.3. The topological polar surface area (TPSA) is 95.2 Å². The molecule has 122 valence electrons. The molecule has 6 nitrogen and oxygen atoms in total. The number of halogens is 1. The lowest BCUT2D eigenvalue weighted by molar-refractivity contribution is 0.0330. The molecule has 0 radical (unpaired) electrons. The summed E-state index contributed by atoms with van der Waals surface area (Å²) in [6.07, 6.45) is 0.772. The molecular formula is C16H12ClN3O3S. The van der Waals surface area contributed by atoms with Crippen LogP contribution in [0.1, 0.15) is 38.9 Å². The van der Waals surface area contributed by atoms with E-state index >= 15 is 0 Å². The molecule has 3 rings (SSSR count). The molecule has 0 spiro atoms. The number of ether oxygens (including phenoxy) is 1. The lowest BCUT2D eigenvalue weighted by atomic mass is 10.2. The smallest absolute Gasteiger partial charge is 0.357 e. The van der Waals surface area contributed by atoms with Crippen molar-refractivity contribution in [2.75, 3.05) is 0 Å². The summed E-state index contributed by atoms with van der Waals surface area (Å²) in [5.41, 5.74) is 6.15. The Hall–Kier alpha value is -2.51. The Kier molecular flexibility index (Phi) is 4.46. The van der Waals surface area contributed by atoms with Crippen LogP contribution in [0.2, 0.25) is 5.02 Å². The Morgan fingerprint density at radius 1 is 1.29 bits per heavy atom. The highest BCUT2D eigenvalue weighted by Crippen LogP contribution is 2.30. The maximum absolute atomic E-state index is 12.2. The van der Waals surface area contributed by atoms with E-state index in [0.29, 0.717) is 10.0 Å². The SMILES string of the molecule is CC(OC(=O)c1cc(C(N)=O)ccn1)c1nc2cc(Cl)ccc2s1. The first kappa shape index (κ1) is 16.4. The van der Waals surface area contributed by atoms with Crippen molar-refractivity contribution in [1.29, 1.82) is 0 Å². The molecule has 0 aliphatic rings. The highest BCUT2D eigenvalue weighted by molar-refractivity contribution is 7.18. The average Bonchev–Trinajstić information content (AvgIpc) is 2.98. The third kappa shape index (κ3) is 3.37. The molecule has 0 saturated heterocycles. The number of esters is 1. The Morgan fingerprint density at radius 3 is 2.83 bits per heavy atom. The number of nitrogens with zero attached hydrogens (tertiary/aromatic N) is 2. The number of benzene rings is 1. The van der Waals surface area contributed by atoms with E-state index in [-0.39, 0.29) is 11.3 Å². The summed E-state index contributed by atoms with van der Waals surface area (Å²) >= 11 is 7.36. The standard InChI is InChI=1S/C16H12ClN3O3S/c1-8(15-20-11-7-10(17)2-3-13(11)24-15)23-16(22)12-6-9(14(18)21)4-5-19-12/h2-8H,1H3,(H2,18,21). The third-order valence-electron chi connectivity index (χ3n) is 3.25. The van der Waals surface area contributed by atoms with Crippen LogP contribution in [0, 0.1) is 0 Å². The summed E-state index contributed by atoms with van der Waals surface area (Å²) < 4.78 is 6.33. The number of primary amides is 1. The number of hydrogen-bond donors (Lipinski definition) is 1. The zero-order valence-electron chi connectivity index (χ0n) is 12.5. The van der Waals surface area contributed by atoms with E-state index in [9.17, 15) is 9.59 Å². The number of fused-ring (bicyclic) bond motifs is 1. The lowest BCUT2D eigenvalue weighted by Gasteiger charge is -2.10. The van der Waals surface area contributed by atoms with Crippen LogP contribution < -0.4 is 5.73 Å². The van der Waals surface area contributed by atoms with Crippen LogP contribution in [0.25, 0.3) is 10.2 Å². The summed E-state index contributed by atoms with van der Waals surface area (Å²) in [4.78, 5) is 31.7. The van der Waals surface area contributed by atoms with Crippen molar-refractivity contribution >= 4 is 45.0 Å². The molecule has 1 amide bonds. The average molecular weight is 362 g/mol. The van der Waals surface area contributed by atoms with Gasteiger partial charge in [-0.1, -0.05) is 11.6 Å². The molecule has 0 fully saturated rings. The Bertz CT molecular complexity index is 941. The maximum Gasteiger partial charge on any atom is 0.357 e. The van der Waals surface area contributed by atoms with Gasteiger partial charge in [0.1, 0.15) is 10.7 Å². The van der Waals surface area contributed by atoms with Crippen molar-refractivity contribution in [1.82, 2.24) is 9.97 Å². The largest absolute Gasteiger partial charge is 0.451 e. The monoisotopic (exact) mass is 361 g/mol. The summed E-state index contributed by atoms with van der Waals surface area (Å²) in [5, 5.41) is 1.24. The predicted molar refractivity (Wildman–Crippen MR) is 91.2 cm³/mol. The fourth-order valence-corrected chi connectivity index (χ4v) is 3.15. The molecule has 2 N–H and O–H groups in total. The molecule has 3 aromatic rings. The van der Waals surface area contributed by atoms with Gasteiger partial charge in [0.15, 0.2) is 6.10 Å². The van der Waals surface area contributed by atoms with Crippen LogP contribution >= 0.6 is 22.9 Å². The zero-order valence-corrected chi connectivity index (χ0v) is 14.1. The van der Waals surface area contributed by atoms with Gasteiger partial charge in [0, 0.05) is 16.8 Å². The van der Waals surface area contributed by atoms with E-state index in [0.717, 1.165) is 10.2 Å². The summed E-state index contributed by atoms with van der Waals surface area (Å²) in [6.45, 7) is 1.72. The van der Waals surface area contributed by atoms with E-state index < -0.39 is 18.0 Å². The van der Waals surface area contributed by atoms with Crippen molar-refractivity contribution in [3.63, 3.8) is 0 Å². The van der Waals surface area contributed by atoms with Crippen molar-refractivity contribution in [3.05, 3.63) is 57.8 Å². The highest BCUT2D eigenvalue weighted by atomic mass is 35.5. The number of thiazole rings is 1. The van der Waals surface area contributed by atoms with Crippen molar-refractivity contribution in [2.45, 2.75) is 13.0 Å². The first-order chi connectivity index (χ1) is 11.4. The van der Waals surface area contributed by atoms with E-state index in [4.69, 9.17) is 22.1 Å². The minimum absolute atomic E-state index is 0.0160. The Morgan fingerprint density at radius 2 is 2.08 bits per heavy atom. The van der Waals surface area contributed by atoms with Crippen LogP contribution in [0.5, 0.6) is 0 Å². The fourth-order valence-electron chi connectivity index (χ4n) is 2.06. The number of nitrogens with two attached hydrogens (primary N) is 1. The molecule has 0 aliphatic carbocycles. The molecule has 0 aliphatic heterocycles. The number of rotatable bonds is 4. The third-order valence-corrected chi connectivity index (χ3v) is 4.68. The predicted octanol–water partition coefficient (Wildman–Crippen LogP) is 3.36.